The molecule has 1 atom stereocenters. The summed E-state index contributed by atoms with van der Waals surface area (Å²) >= 11 is 0. The summed E-state index contributed by atoms with van der Waals surface area (Å²) < 4.78 is 32.3. The van der Waals surface area contributed by atoms with Gasteiger partial charge in [-0.25, -0.2) is 13.1 Å². The van der Waals surface area contributed by atoms with Crippen molar-refractivity contribution in [3.05, 3.63) is 41.8 Å². The van der Waals surface area contributed by atoms with Gasteiger partial charge in [-0.2, -0.15) is 0 Å². The number of rotatable bonds is 6. The summed E-state index contributed by atoms with van der Waals surface area (Å²) in [5.41, 5.74) is 1.40. The molecule has 0 spiro atoms. The van der Waals surface area contributed by atoms with Gasteiger partial charge in [0, 0.05) is 25.3 Å². The molecular formula is C15H21N3O3S. The van der Waals surface area contributed by atoms with Crippen LogP contribution >= 0.6 is 0 Å². The Kier molecular flexibility index (Phi) is 4.87. The Labute approximate surface area is 131 Å². The van der Waals surface area contributed by atoms with Gasteiger partial charge in [0.25, 0.3) is 0 Å². The van der Waals surface area contributed by atoms with E-state index in [1.54, 1.807) is 13.8 Å². The Morgan fingerprint density at radius 3 is 2.45 bits per heavy atom. The van der Waals surface area contributed by atoms with Crippen LogP contribution in [0.4, 0.5) is 5.69 Å². The molecule has 1 aromatic heterocycles. The Bertz CT molecular complexity index is 706. The van der Waals surface area contributed by atoms with E-state index in [-0.39, 0.29) is 17.5 Å². The van der Waals surface area contributed by atoms with Crippen LogP contribution in [0, 0.1) is 13.8 Å². The first-order valence-corrected chi connectivity index (χ1v) is 8.51. The molecule has 1 aromatic carbocycles. The number of hydrogen-bond donors (Lipinski definition) is 1. The van der Waals surface area contributed by atoms with E-state index in [2.05, 4.69) is 9.88 Å². The fraction of sp³-hybridized carbons (Fsp3) is 0.400. The second-order valence-electron chi connectivity index (χ2n) is 5.30. The molecule has 0 saturated heterocycles. The van der Waals surface area contributed by atoms with Crippen LogP contribution in [0.15, 0.2) is 39.8 Å². The third kappa shape index (κ3) is 3.48. The molecule has 2 aromatic rings. The maximum atomic E-state index is 12.4. The zero-order valence-corrected chi connectivity index (χ0v) is 14.0. The van der Waals surface area contributed by atoms with Crippen molar-refractivity contribution in [2.45, 2.75) is 31.7 Å². The van der Waals surface area contributed by atoms with Gasteiger partial charge in [-0.1, -0.05) is 23.4 Å². The quantitative estimate of drug-likeness (QED) is 0.881. The average Bonchev–Trinajstić information content (AvgIpc) is 2.84. The Balaban J connectivity index is 2.06. The minimum Gasteiger partial charge on any atom is -0.371 e. The Morgan fingerprint density at radius 2 is 1.91 bits per heavy atom. The van der Waals surface area contributed by atoms with Crippen molar-refractivity contribution in [2.75, 3.05) is 18.5 Å². The smallest absolute Gasteiger partial charge is 0.246 e. The second-order valence-corrected chi connectivity index (χ2v) is 7.00. The molecule has 0 bridgehead atoms. The molecular weight excluding hydrogens is 302 g/mol. The van der Waals surface area contributed by atoms with Gasteiger partial charge >= 0.3 is 0 Å². The molecule has 1 N–H and O–H groups in total. The van der Waals surface area contributed by atoms with Crippen LogP contribution in [-0.4, -0.2) is 33.2 Å². The van der Waals surface area contributed by atoms with Gasteiger partial charge in [-0.3, -0.25) is 0 Å². The van der Waals surface area contributed by atoms with Crippen molar-refractivity contribution >= 4 is 15.7 Å². The number of nitrogens with one attached hydrogen (secondary N) is 1. The van der Waals surface area contributed by atoms with Gasteiger partial charge in [0.15, 0.2) is 5.76 Å². The highest BCUT2D eigenvalue weighted by Crippen LogP contribution is 2.19. The third-order valence-electron chi connectivity index (χ3n) is 3.63. The summed E-state index contributed by atoms with van der Waals surface area (Å²) in [7, 11) is -1.69. The number of para-hydroxylation sites is 1. The van der Waals surface area contributed by atoms with Crippen molar-refractivity contribution in [3.8, 4) is 0 Å². The molecule has 0 fully saturated rings. The average molecular weight is 323 g/mol. The van der Waals surface area contributed by atoms with Crippen LogP contribution in [-0.2, 0) is 10.0 Å². The van der Waals surface area contributed by atoms with E-state index in [1.807, 2.05) is 49.2 Å². The summed E-state index contributed by atoms with van der Waals surface area (Å²) in [5.74, 6) is 0.300. The summed E-state index contributed by atoms with van der Waals surface area (Å²) in [5, 5.41) is 3.69. The van der Waals surface area contributed by atoms with Gasteiger partial charge in [-0.05, 0) is 32.9 Å². The van der Waals surface area contributed by atoms with Gasteiger partial charge in [0.1, 0.15) is 10.6 Å². The lowest BCUT2D eigenvalue weighted by molar-refractivity contribution is 0.390. The monoisotopic (exact) mass is 323 g/mol. The third-order valence-corrected chi connectivity index (χ3v) is 5.30. The van der Waals surface area contributed by atoms with Crippen molar-refractivity contribution in [1.82, 2.24) is 9.88 Å². The van der Waals surface area contributed by atoms with Crippen LogP contribution in [0.1, 0.15) is 18.4 Å². The van der Waals surface area contributed by atoms with Crippen LogP contribution < -0.4 is 9.62 Å². The topological polar surface area (TPSA) is 75.4 Å². The number of aryl methyl sites for hydroxylation is 2. The molecule has 0 aliphatic heterocycles. The lowest BCUT2D eigenvalue weighted by Crippen LogP contribution is -2.40. The van der Waals surface area contributed by atoms with Crippen molar-refractivity contribution < 1.29 is 12.9 Å². The fourth-order valence-electron chi connectivity index (χ4n) is 2.22. The highest BCUT2D eigenvalue weighted by molar-refractivity contribution is 7.89. The van der Waals surface area contributed by atoms with Gasteiger partial charge in [-0.15, -0.1) is 0 Å². The molecule has 22 heavy (non-hydrogen) atoms. The molecule has 0 radical (unpaired) electrons. The van der Waals surface area contributed by atoms with Gasteiger partial charge in [0.2, 0.25) is 10.0 Å². The minimum atomic E-state index is -3.62. The van der Waals surface area contributed by atoms with E-state index in [4.69, 9.17) is 4.52 Å². The first-order valence-electron chi connectivity index (χ1n) is 7.03. The SMILES string of the molecule is Cc1noc(C)c1S(=O)(=O)NCC(C)N(C)c1ccccc1. The van der Waals surface area contributed by atoms with Crippen LogP contribution in [0.5, 0.6) is 0 Å². The van der Waals surface area contributed by atoms with Crippen LogP contribution in [0.2, 0.25) is 0 Å². The number of likely N-dealkylation sites (N-methyl/N-ethyl adjacent to an activating group) is 1. The van der Waals surface area contributed by atoms with Crippen molar-refractivity contribution in [3.63, 3.8) is 0 Å². The van der Waals surface area contributed by atoms with Crippen LogP contribution in [0.25, 0.3) is 0 Å². The van der Waals surface area contributed by atoms with E-state index >= 15 is 0 Å². The van der Waals surface area contributed by atoms with Crippen LogP contribution in [0.3, 0.4) is 0 Å². The zero-order valence-electron chi connectivity index (χ0n) is 13.2. The number of benzene rings is 1. The predicted molar refractivity (Wildman–Crippen MR) is 85.5 cm³/mol. The van der Waals surface area contributed by atoms with E-state index in [0.29, 0.717) is 11.5 Å². The molecule has 0 amide bonds. The highest BCUT2D eigenvalue weighted by Gasteiger charge is 2.24. The van der Waals surface area contributed by atoms with E-state index < -0.39 is 10.0 Å². The van der Waals surface area contributed by atoms with E-state index in [1.165, 1.54) is 0 Å². The predicted octanol–water partition coefficient (Wildman–Crippen LogP) is 2.09. The van der Waals surface area contributed by atoms with Crippen molar-refractivity contribution in [1.29, 1.82) is 0 Å². The molecule has 2 rings (SSSR count). The molecule has 6 nitrogen and oxygen atoms in total. The fourth-order valence-corrected chi connectivity index (χ4v) is 3.66. The summed E-state index contributed by atoms with van der Waals surface area (Å²) in [6.45, 7) is 5.46. The number of nitrogens with zero attached hydrogens (tertiary/aromatic N) is 2. The molecule has 1 heterocycles. The molecule has 7 heteroatoms. The highest BCUT2D eigenvalue weighted by atomic mass is 32.2. The Morgan fingerprint density at radius 1 is 1.27 bits per heavy atom. The van der Waals surface area contributed by atoms with Gasteiger partial charge in [0.05, 0.1) is 0 Å². The van der Waals surface area contributed by atoms with Crippen molar-refractivity contribution in [2.24, 2.45) is 0 Å². The zero-order chi connectivity index (χ0) is 16.3. The normalized spacial score (nSPS) is 13.1. The summed E-state index contributed by atoms with van der Waals surface area (Å²) in [6.07, 6.45) is 0. The maximum absolute atomic E-state index is 12.4. The lowest BCUT2D eigenvalue weighted by Gasteiger charge is -2.27. The first kappa shape index (κ1) is 16.5. The minimum absolute atomic E-state index is 0.00218. The molecule has 0 aliphatic rings. The second kappa shape index (κ2) is 6.50. The summed E-state index contributed by atoms with van der Waals surface area (Å²) in [6, 6.07) is 9.82. The molecule has 120 valence electrons. The van der Waals surface area contributed by atoms with E-state index in [0.717, 1.165) is 5.69 Å². The largest absolute Gasteiger partial charge is 0.371 e. The number of sulfonamides is 1. The van der Waals surface area contributed by atoms with Gasteiger partial charge < -0.3 is 9.42 Å². The van der Waals surface area contributed by atoms with E-state index in [9.17, 15) is 8.42 Å². The number of aromatic nitrogens is 1. The number of anilines is 1. The molecule has 0 saturated carbocycles. The Hall–Kier alpha value is -1.86. The molecule has 0 aliphatic carbocycles. The lowest BCUT2D eigenvalue weighted by atomic mass is 10.2. The summed E-state index contributed by atoms with van der Waals surface area (Å²) in [4.78, 5) is 2.15. The number of hydrogen-bond acceptors (Lipinski definition) is 5. The molecule has 1 unspecified atom stereocenters. The standard InChI is InChI=1S/C15H21N3O3S/c1-11(18(4)14-8-6-5-7-9-14)10-16-22(19,20)15-12(2)17-21-13(15)3/h5-9,11,16H,10H2,1-4H3. The maximum Gasteiger partial charge on any atom is 0.246 e. The first-order chi connectivity index (χ1) is 10.3.